The number of non-ortho nitro benzene ring substituents is 1. The number of nitro groups is 1. The lowest BCUT2D eigenvalue weighted by atomic mass is 10.2. The molecule has 0 N–H and O–H groups in total. The third-order valence-electron chi connectivity index (χ3n) is 1.24. The van der Waals surface area contributed by atoms with Crippen LogP contribution in [0.5, 0.6) is 0 Å². The van der Waals surface area contributed by atoms with Crippen LogP contribution in [0.4, 0.5) is 10.1 Å². The van der Waals surface area contributed by atoms with E-state index in [4.69, 9.17) is 0 Å². The van der Waals surface area contributed by atoms with Gasteiger partial charge in [0.25, 0.3) is 5.69 Å². The molecule has 1 aromatic carbocycles. The Balaban J connectivity index is 0.000000671. The fourth-order valence-corrected chi connectivity index (χ4v) is 0.822. The number of nitrogens with zero attached hydrogens (tertiary/aromatic N) is 1. The molecular weight excluding hydrogens is 173 g/mol. The summed E-state index contributed by atoms with van der Waals surface area (Å²) in [5.41, 5.74) is 0.346. The average Bonchev–Trinajstić information content (AvgIpc) is 2.06. The van der Waals surface area contributed by atoms with Crippen LogP contribution in [0.1, 0.15) is 19.4 Å². The fourth-order valence-electron chi connectivity index (χ4n) is 0.822. The van der Waals surface area contributed by atoms with Gasteiger partial charge in [0.1, 0.15) is 5.82 Å². The Morgan fingerprint density at radius 3 is 2.23 bits per heavy atom. The van der Waals surface area contributed by atoms with Gasteiger partial charge in [-0.1, -0.05) is 13.8 Å². The molecule has 0 radical (unpaired) electrons. The lowest BCUT2D eigenvalue weighted by Crippen LogP contribution is -1.89. The summed E-state index contributed by atoms with van der Waals surface area (Å²) in [4.78, 5) is 9.53. The minimum atomic E-state index is -0.615. The highest BCUT2D eigenvalue weighted by Crippen LogP contribution is 2.14. The number of benzene rings is 1. The summed E-state index contributed by atoms with van der Waals surface area (Å²) in [6, 6.07) is 3.46. The second-order valence-electron chi connectivity index (χ2n) is 2.24. The van der Waals surface area contributed by atoms with E-state index < -0.39 is 10.7 Å². The van der Waals surface area contributed by atoms with Gasteiger partial charge in [0.2, 0.25) is 0 Å². The van der Waals surface area contributed by atoms with Gasteiger partial charge in [-0.2, -0.15) is 0 Å². The molecule has 0 amide bonds. The fraction of sp³-hybridized carbons (Fsp3) is 0.333. The molecule has 0 unspecified atom stereocenters. The molecule has 72 valence electrons. The van der Waals surface area contributed by atoms with Crippen molar-refractivity contribution < 1.29 is 9.31 Å². The minimum Gasteiger partial charge on any atom is -0.258 e. The van der Waals surface area contributed by atoms with Gasteiger partial charge in [-0.3, -0.25) is 10.1 Å². The summed E-state index contributed by atoms with van der Waals surface area (Å²) >= 11 is 0. The van der Waals surface area contributed by atoms with E-state index in [1.807, 2.05) is 13.8 Å². The van der Waals surface area contributed by atoms with E-state index in [1.54, 1.807) is 6.92 Å². The van der Waals surface area contributed by atoms with E-state index >= 15 is 0 Å². The standard InChI is InChI=1S/C7H6FNO2.C2H6/c1-5-2-6(8)4-7(3-5)9(10)11;1-2/h2-4H,1H3;1-2H3. The molecule has 0 fully saturated rings. The van der Waals surface area contributed by atoms with E-state index in [-0.39, 0.29) is 5.69 Å². The topological polar surface area (TPSA) is 43.1 Å². The second-order valence-corrected chi connectivity index (χ2v) is 2.24. The quantitative estimate of drug-likeness (QED) is 0.498. The van der Waals surface area contributed by atoms with Crippen molar-refractivity contribution in [2.75, 3.05) is 0 Å². The Bertz CT molecular complexity index is 279. The summed E-state index contributed by atoms with van der Waals surface area (Å²) < 4.78 is 12.5. The first-order valence-electron chi connectivity index (χ1n) is 4.01. The number of hydrogen-bond acceptors (Lipinski definition) is 2. The van der Waals surface area contributed by atoms with Crippen LogP contribution in [0.25, 0.3) is 0 Å². The summed E-state index contributed by atoms with van der Waals surface area (Å²) in [5.74, 6) is -0.572. The SMILES string of the molecule is CC.Cc1cc(F)cc([N+](=O)[O-])c1. The normalized spacial score (nSPS) is 8.62. The molecule has 0 saturated carbocycles. The van der Waals surface area contributed by atoms with Crippen LogP contribution in [-0.2, 0) is 0 Å². The molecule has 4 heteroatoms. The summed E-state index contributed by atoms with van der Waals surface area (Å²) in [7, 11) is 0. The highest BCUT2D eigenvalue weighted by atomic mass is 19.1. The van der Waals surface area contributed by atoms with Crippen molar-refractivity contribution in [2.45, 2.75) is 20.8 Å². The Kier molecular flexibility index (Phi) is 4.66. The summed E-state index contributed by atoms with van der Waals surface area (Å²) in [6.45, 7) is 5.61. The number of nitro benzene ring substituents is 1. The summed E-state index contributed by atoms with van der Waals surface area (Å²) in [6.07, 6.45) is 0. The van der Waals surface area contributed by atoms with Gasteiger partial charge < -0.3 is 0 Å². The van der Waals surface area contributed by atoms with Crippen molar-refractivity contribution in [2.24, 2.45) is 0 Å². The van der Waals surface area contributed by atoms with Gasteiger partial charge in [0, 0.05) is 6.07 Å². The Labute approximate surface area is 76.4 Å². The van der Waals surface area contributed by atoms with Gasteiger partial charge >= 0.3 is 0 Å². The first kappa shape index (κ1) is 11.6. The van der Waals surface area contributed by atoms with Gasteiger partial charge in [-0.25, -0.2) is 4.39 Å². The molecule has 0 spiro atoms. The molecule has 3 nitrogen and oxygen atoms in total. The van der Waals surface area contributed by atoms with Crippen molar-refractivity contribution in [3.8, 4) is 0 Å². The minimum absolute atomic E-state index is 0.206. The van der Waals surface area contributed by atoms with Crippen LogP contribution in [0.2, 0.25) is 0 Å². The molecule has 1 aromatic rings. The van der Waals surface area contributed by atoms with Gasteiger partial charge in [-0.15, -0.1) is 0 Å². The molecule has 0 aliphatic rings. The molecule has 1 rings (SSSR count). The van der Waals surface area contributed by atoms with Crippen molar-refractivity contribution in [1.29, 1.82) is 0 Å². The van der Waals surface area contributed by atoms with Crippen molar-refractivity contribution in [1.82, 2.24) is 0 Å². The predicted octanol–water partition coefficient (Wildman–Crippen LogP) is 3.07. The number of aryl methyl sites for hydroxylation is 1. The molecule has 13 heavy (non-hydrogen) atoms. The van der Waals surface area contributed by atoms with Gasteiger partial charge in [-0.05, 0) is 18.6 Å². The molecule has 0 aliphatic carbocycles. The third-order valence-corrected chi connectivity index (χ3v) is 1.24. The Morgan fingerprint density at radius 1 is 1.31 bits per heavy atom. The van der Waals surface area contributed by atoms with Crippen LogP contribution >= 0.6 is 0 Å². The third kappa shape index (κ3) is 3.64. The largest absolute Gasteiger partial charge is 0.272 e. The van der Waals surface area contributed by atoms with Crippen molar-refractivity contribution in [3.05, 3.63) is 39.7 Å². The van der Waals surface area contributed by atoms with E-state index in [2.05, 4.69) is 0 Å². The number of halogens is 1. The molecule has 0 atom stereocenters. The Morgan fingerprint density at radius 2 is 1.85 bits per heavy atom. The smallest absolute Gasteiger partial charge is 0.258 e. The molecular formula is C9H12FNO2. The Hall–Kier alpha value is -1.45. The first-order valence-corrected chi connectivity index (χ1v) is 4.01. The predicted molar refractivity (Wildman–Crippen MR) is 49.1 cm³/mol. The lowest BCUT2D eigenvalue weighted by molar-refractivity contribution is -0.385. The molecule has 0 bridgehead atoms. The van der Waals surface area contributed by atoms with Crippen LogP contribution in [0.15, 0.2) is 18.2 Å². The molecule has 0 aliphatic heterocycles. The van der Waals surface area contributed by atoms with E-state index in [9.17, 15) is 14.5 Å². The van der Waals surface area contributed by atoms with Gasteiger partial charge in [0.05, 0.1) is 11.0 Å². The zero-order chi connectivity index (χ0) is 10.4. The zero-order valence-corrected chi connectivity index (χ0v) is 7.87. The van der Waals surface area contributed by atoms with Crippen LogP contribution in [0.3, 0.4) is 0 Å². The van der Waals surface area contributed by atoms with Gasteiger partial charge in [0.15, 0.2) is 0 Å². The first-order chi connectivity index (χ1) is 6.09. The van der Waals surface area contributed by atoms with E-state index in [0.29, 0.717) is 5.56 Å². The van der Waals surface area contributed by atoms with Crippen LogP contribution < -0.4 is 0 Å². The number of hydrogen-bond donors (Lipinski definition) is 0. The van der Waals surface area contributed by atoms with Crippen molar-refractivity contribution in [3.63, 3.8) is 0 Å². The van der Waals surface area contributed by atoms with E-state index in [1.165, 1.54) is 12.1 Å². The maximum absolute atomic E-state index is 12.5. The van der Waals surface area contributed by atoms with Crippen molar-refractivity contribution >= 4 is 5.69 Å². The molecule has 0 saturated heterocycles. The maximum atomic E-state index is 12.5. The maximum Gasteiger partial charge on any atom is 0.272 e. The zero-order valence-electron chi connectivity index (χ0n) is 7.87. The number of rotatable bonds is 1. The molecule has 0 heterocycles. The average molecular weight is 185 g/mol. The lowest BCUT2D eigenvalue weighted by Gasteiger charge is -1.93. The van der Waals surface area contributed by atoms with E-state index in [0.717, 1.165) is 6.07 Å². The second kappa shape index (κ2) is 5.24. The van der Waals surface area contributed by atoms with Crippen LogP contribution in [0, 0.1) is 22.9 Å². The molecule has 0 aromatic heterocycles. The monoisotopic (exact) mass is 185 g/mol. The highest BCUT2D eigenvalue weighted by molar-refractivity contribution is 5.34. The van der Waals surface area contributed by atoms with Crippen LogP contribution in [-0.4, -0.2) is 4.92 Å². The highest BCUT2D eigenvalue weighted by Gasteiger charge is 2.06. The summed E-state index contributed by atoms with van der Waals surface area (Å²) in [5, 5.41) is 10.1.